The number of unbranched alkanes of at least 4 members (excludes halogenated alkanes) is 46. The summed E-state index contributed by atoms with van der Waals surface area (Å²) < 4.78 is 16.9. The molecular weight excluding hydrogens is 901 g/mol. The first kappa shape index (κ1) is 70.9. The van der Waals surface area contributed by atoms with E-state index >= 15 is 0 Å². The highest BCUT2D eigenvalue weighted by Gasteiger charge is 2.19. The fraction of sp³-hybridized carbons (Fsp3) is 0.896. The summed E-state index contributed by atoms with van der Waals surface area (Å²) in [4.78, 5) is 38.3. The number of hydrogen-bond acceptors (Lipinski definition) is 6. The average Bonchev–Trinajstić information content (AvgIpc) is 3.39. The molecule has 0 aliphatic rings. The van der Waals surface area contributed by atoms with Crippen molar-refractivity contribution in [1.29, 1.82) is 0 Å². The average molecular weight is 1030 g/mol. The van der Waals surface area contributed by atoms with Crippen LogP contribution in [-0.2, 0) is 28.6 Å². The third-order valence-corrected chi connectivity index (χ3v) is 14.9. The first-order valence-electron chi connectivity index (χ1n) is 32.8. The zero-order valence-electron chi connectivity index (χ0n) is 49.4. The van der Waals surface area contributed by atoms with Crippen molar-refractivity contribution in [2.75, 3.05) is 13.2 Å². The van der Waals surface area contributed by atoms with Gasteiger partial charge >= 0.3 is 17.9 Å². The second-order valence-electron chi connectivity index (χ2n) is 22.4. The maximum Gasteiger partial charge on any atom is 0.306 e. The maximum absolute atomic E-state index is 12.9. The summed E-state index contributed by atoms with van der Waals surface area (Å²) in [6, 6.07) is 0. The summed E-state index contributed by atoms with van der Waals surface area (Å²) in [7, 11) is 0. The number of rotatable bonds is 61. The van der Waals surface area contributed by atoms with Gasteiger partial charge in [0, 0.05) is 19.3 Å². The predicted molar refractivity (Wildman–Crippen MR) is 316 cm³/mol. The Kier molecular flexibility index (Phi) is 60.6. The maximum atomic E-state index is 12.9. The molecule has 0 aliphatic carbocycles. The zero-order valence-corrected chi connectivity index (χ0v) is 49.4. The third kappa shape index (κ3) is 60.6. The van der Waals surface area contributed by atoms with Gasteiger partial charge in [-0.15, -0.1) is 0 Å². The number of hydrogen-bond donors (Lipinski definition) is 0. The van der Waals surface area contributed by atoms with Crippen LogP contribution in [0.5, 0.6) is 0 Å². The number of carbonyl (C=O) groups is 3. The van der Waals surface area contributed by atoms with Gasteiger partial charge in [-0.3, -0.25) is 14.4 Å². The molecule has 0 aromatic rings. The molecule has 0 saturated heterocycles. The highest BCUT2D eigenvalue weighted by molar-refractivity contribution is 5.71. The van der Waals surface area contributed by atoms with Gasteiger partial charge < -0.3 is 14.2 Å². The zero-order chi connectivity index (χ0) is 52.9. The predicted octanol–water partition coefficient (Wildman–Crippen LogP) is 22.2. The number of esters is 3. The molecule has 6 nitrogen and oxygen atoms in total. The summed E-state index contributed by atoms with van der Waals surface area (Å²) in [6.45, 7) is 6.68. The SMILES string of the molecule is CCCCC/C=C\CCCCCCCC(=O)OCC(COC(=O)CCCCCCCCCCCCC/C=C\CCCCCCCCCC)OC(=O)CCCCCCCCCCCCCCCCCCCCCC. The lowest BCUT2D eigenvalue weighted by Gasteiger charge is -2.18. The van der Waals surface area contributed by atoms with Crippen LogP contribution in [0.15, 0.2) is 24.3 Å². The lowest BCUT2D eigenvalue weighted by atomic mass is 10.0. The minimum atomic E-state index is -0.772. The molecular formula is C67H126O6. The smallest absolute Gasteiger partial charge is 0.306 e. The van der Waals surface area contributed by atoms with E-state index in [-0.39, 0.29) is 31.1 Å². The van der Waals surface area contributed by atoms with Crippen LogP contribution in [-0.4, -0.2) is 37.2 Å². The molecule has 0 bridgehead atoms. The van der Waals surface area contributed by atoms with Gasteiger partial charge in [0.1, 0.15) is 13.2 Å². The molecule has 0 amide bonds. The Bertz CT molecular complexity index is 1180. The first-order chi connectivity index (χ1) is 36.0. The van der Waals surface area contributed by atoms with E-state index < -0.39 is 6.10 Å². The standard InChI is InChI=1S/C67H126O6/c1-4-7-10-13-16-19-22-25-27-29-31-33-34-35-37-38-40-42-45-48-51-54-57-60-66(69)72-63-64(62-71-65(68)59-56-53-50-47-44-24-21-18-15-12-9-6-3)73-67(70)61-58-55-52-49-46-43-41-39-36-32-30-28-26-23-20-17-14-11-8-5-2/h18,21,29,31,64H,4-17,19-20,22-28,30,32-63H2,1-3H3/b21-18-,31-29-. The molecule has 0 fully saturated rings. The van der Waals surface area contributed by atoms with Gasteiger partial charge in [-0.1, -0.05) is 302 Å². The van der Waals surface area contributed by atoms with Gasteiger partial charge in [0.25, 0.3) is 0 Å². The van der Waals surface area contributed by atoms with E-state index in [2.05, 4.69) is 45.1 Å². The molecule has 0 aliphatic heterocycles. The van der Waals surface area contributed by atoms with Crippen LogP contribution in [0.4, 0.5) is 0 Å². The van der Waals surface area contributed by atoms with E-state index in [0.717, 1.165) is 64.2 Å². The number of carbonyl (C=O) groups excluding carboxylic acids is 3. The van der Waals surface area contributed by atoms with E-state index in [1.54, 1.807) is 0 Å². The van der Waals surface area contributed by atoms with Crippen LogP contribution in [0.3, 0.4) is 0 Å². The molecule has 430 valence electrons. The molecule has 0 heterocycles. The molecule has 0 spiro atoms. The molecule has 1 unspecified atom stereocenters. The van der Waals surface area contributed by atoms with Crippen molar-refractivity contribution < 1.29 is 28.6 Å². The van der Waals surface area contributed by atoms with Gasteiger partial charge in [0.2, 0.25) is 0 Å². The molecule has 73 heavy (non-hydrogen) atoms. The van der Waals surface area contributed by atoms with E-state index in [9.17, 15) is 14.4 Å². The quantitative estimate of drug-likeness (QED) is 0.0261. The van der Waals surface area contributed by atoms with Crippen molar-refractivity contribution in [3.8, 4) is 0 Å². The lowest BCUT2D eigenvalue weighted by molar-refractivity contribution is -0.167. The lowest BCUT2D eigenvalue weighted by Crippen LogP contribution is -2.30. The summed E-state index contributed by atoms with van der Waals surface area (Å²) >= 11 is 0. The van der Waals surface area contributed by atoms with Crippen LogP contribution >= 0.6 is 0 Å². The molecule has 0 N–H and O–H groups in total. The Balaban J connectivity index is 4.24. The highest BCUT2D eigenvalue weighted by atomic mass is 16.6. The van der Waals surface area contributed by atoms with Crippen molar-refractivity contribution in [3.05, 3.63) is 24.3 Å². The van der Waals surface area contributed by atoms with E-state index in [0.29, 0.717) is 19.3 Å². The van der Waals surface area contributed by atoms with Gasteiger partial charge in [-0.2, -0.15) is 0 Å². The fourth-order valence-corrected chi connectivity index (χ4v) is 9.97. The second kappa shape index (κ2) is 62.4. The molecule has 0 rings (SSSR count). The van der Waals surface area contributed by atoms with Crippen LogP contribution in [0.25, 0.3) is 0 Å². The van der Waals surface area contributed by atoms with Crippen LogP contribution in [0, 0.1) is 0 Å². The summed E-state index contributed by atoms with van der Waals surface area (Å²) in [5.41, 5.74) is 0. The summed E-state index contributed by atoms with van der Waals surface area (Å²) in [5, 5.41) is 0. The van der Waals surface area contributed by atoms with E-state index in [1.165, 1.54) is 263 Å². The minimum absolute atomic E-state index is 0.0692. The van der Waals surface area contributed by atoms with Crippen molar-refractivity contribution in [3.63, 3.8) is 0 Å². The van der Waals surface area contributed by atoms with E-state index in [4.69, 9.17) is 14.2 Å². The topological polar surface area (TPSA) is 78.9 Å². The molecule has 6 heteroatoms. The Labute approximate surface area is 455 Å². The van der Waals surface area contributed by atoms with Crippen molar-refractivity contribution in [2.24, 2.45) is 0 Å². The van der Waals surface area contributed by atoms with Gasteiger partial charge in [0.15, 0.2) is 6.10 Å². The number of allylic oxidation sites excluding steroid dienone is 4. The Morgan fingerprint density at radius 2 is 0.452 bits per heavy atom. The summed E-state index contributed by atoms with van der Waals surface area (Å²) in [5.74, 6) is -0.853. The van der Waals surface area contributed by atoms with Gasteiger partial charge in [0.05, 0.1) is 0 Å². The molecule has 0 aromatic carbocycles. The molecule has 0 aromatic heterocycles. The Morgan fingerprint density at radius 3 is 0.712 bits per heavy atom. The second-order valence-corrected chi connectivity index (χ2v) is 22.4. The van der Waals surface area contributed by atoms with Gasteiger partial charge in [-0.05, 0) is 70.6 Å². The summed E-state index contributed by atoms with van der Waals surface area (Å²) in [6.07, 6.45) is 74.8. The molecule has 0 saturated carbocycles. The normalized spacial score (nSPS) is 12.1. The highest BCUT2D eigenvalue weighted by Crippen LogP contribution is 2.18. The van der Waals surface area contributed by atoms with Gasteiger partial charge in [-0.25, -0.2) is 0 Å². The monoisotopic (exact) mass is 1030 g/mol. The third-order valence-electron chi connectivity index (χ3n) is 14.9. The largest absolute Gasteiger partial charge is 0.462 e. The fourth-order valence-electron chi connectivity index (χ4n) is 9.97. The number of ether oxygens (including phenoxy) is 3. The van der Waals surface area contributed by atoms with Crippen molar-refractivity contribution in [2.45, 2.75) is 374 Å². The van der Waals surface area contributed by atoms with Crippen LogP contribution in [0.2, 0.25) is 0 Å². The van der Waals surface area contributed by atoms with Crippen LogP contribution in [0.1, 0.15) is 367 Å². The molecule has 0 radical (unpaired) electrons. The van der Waals surface area contributed by atoms with Crippen molar-refractivity contribution >= 4 is 17.9 Å². The molecule has 1 atom stereocenters. The Morgan fingerprint density at radius 1 is 0.260 bits per heavy atom. The minimum Gasteiger partial charge on any atom is -0.462 e. The Hall–Kier alpha value is -2.11. The first-order valence-corrected chi connectivity index (χ1v) is 32.8. The van der Waals surface area contributed by atoms with E-state index in [1.807, 2.05) is 0 Å². The van der Waals surface area contributed by atoms with Crippen LogP contribution < -0.4 is 0 Å². The van der Waals surface area contributed by atoms with Crippen molar-refractivity contribution in [1.82, 2.24) is 0 Å².